The molecule has 192 valence electrons. The summed E-state index contributed by atoms with van der Waals surface area (Å²) in [5.74, 6) is 0.692. The fraction of sp³-hybridized carbons (Fsp3) is 0.385. The van der Waals surface area contributed by atoms with Gasteiger partial charge in [0.05, 0.1) is 11.6 Å². The number of aryl methyl sites for hydroxylation is 2. The van der Waals surface area contributed by atoms with Gasteiger partial charge in [-0.2, -0.15) is 0 Å². The normalized spacial score (nSPS) is 15.7. The van der Waals surface area contributed by atoms with Gasteiger partial charge in [0, 0.05) is 23.3 Å². The Labute approximate surface area is 206 Å². The monoisotopic (exact) mass is 505 g/mol. The Hall–Kier alpha value is -3.53. The fourth-order valence-electron chi connectivity index (χ4n) is 3.98. The maximum Gasteiger partial charge on any atom is 0.573 e. The standard InChI is InChI=1S/C26H26F3NO6/c1-4-21-16(3)24(35-25(31)33-14-19-6-5-11-32-19)20-13-23(15(2)12-22(20)30-21)34-17-7-9-18(10-8-17)36-26(27,28)29/h7-10,12-13,19H,4-6,11,14H2,1-3H3. The predicted octanol–water partition coefficient (Wildman–Crippen LogP) is 6.80. The van der Waals surface area contributed by atoms with Gasteiger partial charge >= 0.3 is 12.5 Å². The van der Waals surface area contributed by atoms with E-state index < -0.39 is 12.5 Å². The van der Waals surface area contributed by atoms with Gasteiger partial charge in [-0.05, 0) is 75.1 Å². The number of pyridine rings is 1. The van der Waals surface area contributed by atoms with Crippen molar-refractivity contribution in [2.45, 2.75) is 52.5 Å². The van der Waals surface area contributed by atoms with Crippen LogP contribution in [0.1, 0.15) is 36.6 Å². The van der Waals surface area contributed by atoms with Crippen molar-refractivity contribution >= 4 is 17.1 Å². The molecule has 1 aromatic heterocycles. The van der Waals surface area contributed by atoms with Gasteiger partial charge in [0.2, 0.25) is 0 Å². The lowest BCUT2D eigenvalue weighted by Crippen LogP contribution is -2.20. The molecule has 0 spiro atoms. The highest BCUT2D eigenvalue weighted by atomic mass is 19.4. The number of alkyl halides is 3. The molecule has 1 fully saturated rings. The molecule has 0 radical (unpaired) electrons. The van der Waals surface area contributed by atoms with Gasteiger partial charge in [0.1, 0.15) is 29.6 Å². The molecule has 2 heterocycles. The van der Waals surface area contributed by atoms with Crippen molar-refractivity contribution < 1.29 is 41.7 Å². The highest BCUT2D eigenvalue weighted by Gasteiger charge is 2.31. The van der Waals surface area contributed by atoms with Crippen molar-refractivity contribution in [1.29, 1.82) is 0 Å². The Bertz CT molecular complexity index is 1240. The van der Waals surface area contributed by atoms with Crippen molar-refractivity contribution in [2.75, 3.05) is 13.2 Å². The number of carbonyl (C=O) groups is 1. The Balaban J connectivity index is 1.60. The van der Waals surface area contributed by atoms with Gasteiger partial charge < -0.3 is 23.7 Å². The second-order valence-electron chi connectivity index (χ2n) is 8.42. The van der Waals surface area contributed by atoms with E-state index in [1.165, 1.54) is 12.1 Å². The van der Waals surface area contributed by atoms with Crippen LogP contribution in [0.5, 0.6) is 23.0 Å². The molecule has 3 aromatic rings. The molecule has 0 amide bonds. The minimum atomic E-state index is -4.78. The van der Waals surface area contributed by atoms with Crippen LogP contribution in [0.3, 0.4) is 0 Å². The predicted molar refractivity (Wildman–Crippen MR) is 125 cm³/mol. The fourth-order valence-corrected chi connectivity index (χ4v) is 3.98. The number of rotatable bonds is 7. The van der Waals surface area contributed by atoms with E-state index in [1.807, 2.05) is 20.8 Å². The SMILES string of the molecule is CCc1nc2cc(C)c(Oc3ccc(OC(F)(F)F)cc3)cc2c(OC(=O)OCC2CCCO2)c1C. The van der Waals surface area contributed by atoms with Crippen molar-refractivity contribution in [3.63, 3.8) is 0 Å². The summed E-state index contributed by atoms with van der Waals surface area (Å²) in [6, 6.07) is 8.55. The summed E-state index contributed by atoms with van der Waals surface area (Å²) in [5.41, 5.74) is 2.82. The van der Waals surface area contributed by atoms with E-state index in [1.54, 1.807) is 12.1 Å². The molecule has 0 saturated carbocycles. The Morgan fingerprint density at radius 1 is 1.14 bits per heavy atom. The average molecular weight is 505 g/mol. The first-order chi connectivity index (χ1) is 17.1. The number of ether oxygens (including phenoxy) is 5. The molecule has 1 saturated heterocycles. The number of nitrogens with zero attached hydrogens (tertiary/aromatic N) is 1. The number of hydrogen-bond donors (Lipinski definition) is 0. The summed E-state index contributed by atoms with van der Waals surface area (Å²) >= 11 is 0. The maximum atomic E-state index is 12.5. The highest BCUT2D eigenvalue weighted by molar-refractivity contribution is 5.90. The summed E-state index contributed by atoms with van der Waals surface area (Å²) in [6.07, 6.45) is -3.36. The van der Waals surface area contributed by atoms with E-state index in [0.717, 1.165) is 36.2 Å². The van der Waals surface area contributed by atoms with Crippen LogP contribution in [0.15, 0.2) is 36.4 Å². The van der Waals surface area contributed by atoms with E-state index in [4.69, 9.17) is 23.9 Å². The smallest absolute Gasteiger partial charge is 0.457 e. The Morgan fingerprint density at radius 3 is 2.50 bits per heavy atom. The van der Waals surface area contributed by atoms with Crippen molar-refractivity contribution in [2.24, 2.45) is 0 Å². The third-order valence-corrected chi connectivity index (χ3v) is 5.78. The summed E-state index contributed by atoms with van der Waals surface area (Å²) in [6.45, 7) is 6.35. The molecule has 1 aliphatic rings. The quantitative estimate of drug-likeness (QED) is 0.327. The Kier molecular flexibility index (Phi) is 7.53. The molecule has 2 aromatic carbocycles. The number of carbonyl (C=O) groups excluding carboxylic acids is 1. The van der Waals surface area contributed by atoms with Crippen molar-refractivity contribution in [1.82, 2.24) is 4.98 Å². The minimum Gasteiger partial charge on any atom is -0.457 e. The van der Waals surface area contributed by atoms with Crippen LogP contribution in [0.4, 0.5) is 18.0 Å². The van der Waals surface area contributed by atoms with Gasteiger partial charge in [-0.15, -0.1) is 13.2 Å². The van der Waals surface area contributed by atoms with Crippen LogP contribution in [0.2, 0.25) is 0 Å². The molecule has 1 aliphatic heterocycles. The zero-order chi connectivity index (χ0) is 25.9. The van der Waals surface area contributed by atoms with Crippen LogP contribution >= 0.6 is 0 Å². The lowest BCUT2D eigenvalue weighted by atomic mass is 10.0. The molecule has 4 rings (SSSR count). The lowest BCUT2D eigenvalue weighted by molar-refractivity contribution is -0.274. The number of halogens is 3. The van der Waals surface area contributed by atoms with E-state index in [0.29, 0.717) is 46.7 Å². The second-order valence-corrected chi connectivity index (χ2v) is 8.42. The molecular weight excluding hydrogens is 479 g/mol. The molecule has 36 heavy (non-hydrogen) atoms. The lowest BCUT2D eigenvalue weighted by Gasteiger charge is -2.17. The molecule has 0 aliphatic carbocycles. The number of aromatic nitrogens is 1. The van der Waals surface area contributed by atoms with E-state index in [-0.39, 0.29) is 18.5 Å². The number of fused-ring (bicyclic) bond motifs is 1. The van der Waals surface area contributed by atoms with Gasteiger partial charge in [0.15, 0.2) is 0 Å². The first-order valence-corrected chi connectivity index (χ1v) is 11.6. The summed E-state index contributed by atoms with van der Waals surface area (Å²) in [5, 5.41) is 0.538. The molecule has 0 bridgehead atoms. The van der Waals surface area contributed by atoms with Crippen molar-refractivity contribution in [3.05, 3.63) is 53.2 Å². The van der Waals surface area contributed by atoms with Gasteiger partial charge in [-0.25, -0.2) is 4.79 Å². The molecule has 0 N–H and O–H groups in total. The van der Waals surface area contributed by atoms with Crippen LogP contribution < -0.4 is 14.2 Å². The van der Waals surface area contributed by atoms with Crippen LogP contribution in [0.25, 0.3) is 10.9 Å². The Morgan fingerprint density at radius 2 is 1.86 bits per heavy atom. The molecule has 1 unspecified atom stereocenters. The first-order valence-electron chi connectivity index (χ1n) is 11.6. The first kappa shape index (κ1) is 25.6. The van der Waals surface area contributed by atoms with E-state index in [9.17, 15) is 18.0 Å². The van der Waals surface area contributed by atoms with E-state index >= 15 is 0 Å². The van der Waals surface area contributed by atoms with Gasteiger partial charge in [-0.3, -0.25) is 4.98 Å². The van der Waals surface area contributed by atoms with Crippen molar-refractivity contribution in [3.8, 4) is 23.0 Å². The molecule has 7 nitrogen and oxygen atoms in total. The van der Waals surface area contributed by atoms with Crippen LogP contribution in [0, 0.1) is 13.8 Å². The minimum absolute atomic E-state index is 0.114. The zero-order valence-electron chi connectivity index (χ0n) is 20.1. The summed E-state index contributed by atoms with van der Waals surface area (Å²) < 4.78 is 63.5. The summed E-state index contributed by atoms with van der Waals surface area (Å²) in [7, 11) is 0. The van der Waals surface area contributed by atoms with Crippen LogP contribution in [-0.2, 0) is 15.9 Å². The van der Waals surface area contributed by atoms with E-state index in [2.05, 4.69) is 4.74 Å². The maximum absolute atomic E-state index is 12.5. The molecule has 10 heteroatoms. The molecular formula is C26H26F3NO6. The van der Waals surface area contributed by atoms with Crippen LogP contribution in [-0.4, -0.2) is 36.8 Å². The average Bonchev–Trinajstić information content (AvgIpc) is 3.34. The summed E-state index contributed by atoms with van der Waals surface area (Å²) in [4.78, 5) is 17.2. The highest BCUT2D eigenvalue weighted by Crippen LogP contribution is 2.37. The topological polar surface area (TPSA) is 76.1 Å². The second kappa shape index (κ2) is 10.6. The van der Waals surface area contributed by atoms with Gasteiger partial charge in [-0.1, -0.05) is 6.92 Å². The van der Waals surface area contributed by atoms with Gasteiger partial charge in [0.25, 0.3) is 0 Å². The number of hydrogen-bond acceptors (Lipinski definition) is 7. The third kappa shape index (κ3) is 6.17. The number of benzene rings is 2. The molecule has 1 atom stereocenters. The zero-order valence-corrected chi connectivity index (χ0v) is 20.1. The largest absolute Gasteiger partial charge is 0.573 e. The third-order valence-electron chi connectivity index (χ3n) is 5.78.